The summed E-state index contributed by atoms with van der Waals surface area (Å²) in [4.78, 5) is 12.3. The molecule has 1 aliphatic rings. The predicted octanol–water partition coefficient (Wildman–Crippen LogP) is 4.00. The van der Waals surface area contributed by atoms with E-state index in [1.165, 1.54) is 0 Å². The highest BCUT2D eigenvalue weighted by Gasteiger charge is 2.25. The Morgan fingerprint density at radius 2 is 2.04 bits per heavy atom. The van der Waals surface area contributed by atoms with Crippen molar-refractivity contribution in [2.24, 2.45) is 0 Å². The summed E-state index contributed by atoms with van der Waals surface area (Å²) in [5.41, 5.74) is 3.75. The normalized spacial score (nSPS) is 14.2. The number of rotatable bonds is 2. The lowest BCUT2D eigenvalue weighted by Gasteiger charge is -2.20. The molecule has 0 aliphatic carbocycles. The first-order valence-electron chi connectivity index (χ1n) is 8.09. The minimum atomic E-state index is -0.327. The number of nitrogens with zero attached hydrogens (tertiary/aromatic N) is 1. The molecular weight excluding hydrogens is 306 g/mol. The average molecular weight is 329 g/mol. The van der Waals surface area contributed by atoms with Crippen LogP contribution in [0.25, 0.3) is 0 Å². The number of carbonyl (C=O) groups excluding carboxylic acids is 1. The van der Waals surface area contributed by atoms with E-state index in [2.05, 4.69) is 15.8 Å². The standard InChI is InChI=1S/C18H23N3O3/c1-11-15(18(2,3)4)24-21-16(11)20-17(22)19-14-7-5-6-12-10-23-9-8-13(12)14/h5-7H,8-10H2,1-4H3,(H2,19,20,21,22). The highest BCUT2D eigenvalue weighted by Crippen LogP contribution is 2.30. The lowest BCUT2D eigenvalue weighted by Crippen LogP contribution is -2.22. The minimum Gasteiger partial charge on any atom is -0.376 e. The first-order valence-corrected chi connectivity index (χ1v) is 8.09. The maximum atomic E-state index is 12.3. The van der Waals surface area contributed by atoms with Crippen molar-refractivity contribution in [3.05, 3.63) is 40.6 Å². The van der Waals surface area contributed by atoms with Crippen LogP contribution in [-0.2, 0) is 23.2 Å². The van der Waals surface area contributed by atoms with Gasteiger partial charge in [0.1, 0.15) is 5.76 Å². The van der Waals surface area contributed by atoms with Crippen molar-refractivity contribution in [2.75, 3.05) is 17.2 Å². The molecule has 0 saturated heterocycles. The number of hydrogen-bond acceptors (Lipinski definition) is 4. The molecule has 1 aromatic heterocycles. The third kappa shape index (κ3) is 3.28. The topological polar surface area (TPSA) is 76.4 Å². The highest BCUT2D eigenvalue weighted by atomic mass is 16.5. The highest BCUT2D eigenvalue weighted by molar-refractivity contribution is 6.00. The molecule has 0 saturated carbocycles. The molecular formula is C18H23N3O3. The summed E-state index contributed by atoms with van der Waals surface area (Å²) in [5.74, 6) is 1.22. The second kappa shape index (κ2) is 6.28. The van der Waals surface area contributed by atoms with E-state index < -0.39 is 0 Å². The number of hydrogen-bond donors (Lipinski definition) is 2. The third-order valence-corrected chi connectivity index (χ3v) is 4.11. The summed E-state index contributed by atoms with van der Waals surface area (Å²) in [6, 6.07) is 5.52. The smallest absolute Gasteiger partial charge is 0.324 e. The van der Waals surface area contributed by atoms with E-state index >= 15 is 0 Å². The largest absolute Gasteiger partial charge is 0.376 e. The molecule has 3 rings (SSSR count). The zero-order valence-electron chi connectivity index (χ0n) is 14.5. The van der Waals surface area contributed by atoms with Gasteiger partial charge in [-0.3, -0.25) is 5.32 Å². The quantitative estimate of drug-likeness (QED) is 0.873. The first-order chi connectivity index (χ1) is 11.4. The Morgan fingerprint density at radius 3 is 2.75 bits per heavy atom. The molecule has 2 heterocycles. The van der Waals surface area contributed by atoms with Crippen molar-refractivity contribution in [3.8, 4) is 0 Å². The zero-order chi connectivity index (χ0) is 17.3. The van der Waals surface area contributed by atoms with Gasteiger partial charge in [0.05, 0.1) is 13.2 Å². The molecule has 0 atom stereocenters. The Labute approximate surface area is 141 Å². The number of amides is 2. The molecule has 6 nitrogen and oxygen atoms in total. The van der Waals surface area contributed by atoms with Crippen molar-refractivity contribution in [3.63, 3.8) is 0 Å². The number of anilines is 2. The Kier molecular flexibility index (Phi) is 4.32. The molecule has 0 unspecified atom stereocenters. The van der Waals surface area contributed by atoms with Crippen LogP contribution in [0.4, 0.5) is 16.3 Å². The summed E-state index contributed by atoms with van der Waals surface area (Å²) < 4.78 is 10.8. The molecule has 24 heavy (non-hydrogen) atoms. The van der Waals surface area contributed by atoms with E-state index in [0.717, 1.165) is 34.6 Å². The van der Waals surface area contributed by atoms with Crippen LogP contribution in [0.15, 0.2) is 22.7 Å². The fraction of sp³-hybridized carbons (Fsp3) is 0.444. The van der Waals surface area contributed by atoms with Gasteiger partial charge in [-0.15, -0.1) is 0 Å². The number of carbonyl (C=O) groups is 1. The number of aromatic nitrogens is 1. The van der Waals surface area contributed by atoms with Gasteiger partial charge < -0.3 is 14.6 Å². The summed E-state index contributed by atoms with van der Waals surface area (Å²) >= 11 is 0. The van der Waals surface area contributed by atoms with E-state index in [1.54, 1.807) is 0 Å². The van der Waals surface area contributed by atoms with Crippen LogP contribution in [0.3, 0.4) is 0 Å². The van der Waals surface area contributed by atoms with Crippen LogP contribution >= 0.6 is 0 Å². The first kappa shape index (κ1) is 16.5. The van der Waals surface area contributed by atoms with Crippen LogP contribution in [0.1, 0.15) is 43.2 Å². The van der Waals surface area contributed by atoms with Gasteiger partial charge >= 0.3 is 6.03 Å². The Balaban J connectivity index is 1.74. The number of urea groups is 1. The summed E-state index contributed by atoms with van der Waals surface area (Å²) in [7, 11) is 0. The predicted molar refractivity (Wildman–Crippen MR) is 92.4 cm³/mol. The molecule has 2 N–H and O–H groups in total. The van der Waals surface area contributed by atoms with E-state index in [4.69, 9.17) is 9.26 Å². The molecule has 2 amide bonds. The molecule has 128 valence electrons. The maximum absolute atomic E-state index is 12.3. The zero-order valence-corrected chi connectivity index (χ0v) is 14.5. The van der Waals surface area contributed by atoms with Crippen LogP contribution in [0, 0.1) is 6.92 Å². The average Bonchev–Trinajstić information content (AvgIpc) is 2.88. The monoisotopic (exact) mass is 329 g/mol. The molecule has 0 radical (unpaired) electrons. The second-order valence-corrected chi connectivity index (χ2v) is 7.06. The summed E-state index contributed by atoms with van der Waals surface area (Å²) in [5, 5.41) is 9.66. The van der Waals surface area contributed by atoms with Crippen molar-refractivity contribution < 1.29 is 14.1 Å². The fourth-order valence-corrected chi connectivity index (χ4v) is 2.95. The second-order valence-electron chi connectivity index (χ2n) is 7.06. The molecule has 0 spiro atoms. The molecule has 2 aromatic rings. The van der Waals surface area contributed by atoms with Gasteiger partial charge in [0.2, 0.25) is 0 Å². The van der Waals surface area contributed by atoms with Gasteiger partial charge in [-0.05, 0) is 30.5 Å². The van der Waals surface area contributed by atoms with Gasteiger partial charge in [0.25, 0.3) is 0 Å². The Morgan fingerprint density at radius 1 is 1.25 bits per heavy atom. The molecule has 1 aliphatic heterocycles. The van der Waals surface area contributed by atoms with E-state index in [0.29, 0.717) is 19.0 Å². The van der Waals surface area contributed by atoms with Crippen molar-refractivity contribution in [2.45, 2.75) is 46.1 Å². The number of nitrogens with one attached hydrogen (secondary N) is 2. The fourth-order valence-electron chi connectivity index (χ4n) is 2.95. The van der Waals surface area contributed by atoms with Crippen LogP contribution in [0.5, 0.6) is 0 Å². The summed E-state index contributed by atoms with van der Waals surface area (Å²) in [6.45, 7) is 9.29. The van der Waals surface area contributed by atoms with Crippen LogP contribution in [0.2, 0.25) is 0 Å². The molecule has 0 fully saturated rings. The molecule has 0 bridgehead atoms. The maximum Gasteiger partial charge on any atom is 0.324 e. The molecule has 6 heteroatoms. The van der Waals surface area contributed by atoms with E-state index in [1.807, 2.05) is 45.9 Å². The number of fused-ring (bicyclic) bond motifs is 1. The Bertz CT molecular complexity index is 759. The van der Waals surface area contributed by atoms with E-state index in [-0.39, 0.29) is 11.4 Å². The number of benzene rings is 1. The van der Waals surface area contributed by atoms with Crippen molar-refractivity contribution in [1.82, 2.24) is 5.16 Å². The van der Waals surface area contributed by atoms with Crippen molar-refractivity contribution in [1.29, 1.82) is 0 Å². The SMILES string of the molecule is Cc1c(NC(=O)Nc2cccc3c2CCOC3)noc1C(C)(C)C. The molecule has 1 aromatic carbocycles. The number of ether oxygens (including phenoxy) is 1. The lowest BCUT2D eigenvalue weighted by molar-refractivity contribution is 0.111. The van der Waals surface area contributed by atoms with Gasteiger partial charge in [0.15, 0.2) is 5.82 Å². The third-order valence-electron chi connectivity index (χ3n) is 4.11. The Hall–Kier alpha value is -2.34. The van der Waals surface area contributed by atoms with Gasteiger partial charge in [-0.1, -0.05) is 38.1 Å². The van der Waals surface area contributed by atoms with Gasteiger partial charge in [-0.2, -0.15) is 0 Å². The van der Waals surface area contributed by atoms with Gasteiger partial charge in [0, 0.05) is 16.7 Å². The van der Waals surface area contributed by atoms with Crippen molar-refractivity contribution >= 4 is 17.5 Å². The van der Waals surface area contributed by atoms with Crippen LogP contribution < -0.4 is 10.6 Å². The minimum absolute atomic E-state index is 0.161. The van der Waals surface area contributed by atoms with Gasteiger partial charge in [-0.25, -0.2) is 4.79 Å². The lowest BCUT2D eigenvalue weighted by atomic mass is 9.91. The summed E-state index contributed by atoms with van der Waals surface area (Å²) in [6.07, 6.45) is 0.795. The van der Waals surface area contributed by atoms with Crippen LogP contribution in [-0.4, -0.2) is 17.8 Å². The van der Waals surface area contributed by atoms with E-state index in [9.17, 15) is 4.79 Å².